The molecule has 2 amide bonds. The zero-order valence-corrected chi connectivity index (χ0v) is 20.0. The largest absolute Gasteiger partial charge is 0.496 e. The topological polar surface area (TPSA) is 58.6 Å². The normalized spacial score (nSPS) is 13.6. The molecule has 1 heterocycles. The number of rotatable bonds is 6. The van der Waals surface area contributed by atoms with Crippen LogP contribution in [0.4, 0.5) is 5.69 Å². The number of hydrogen-bond acceptors (Lipinski definition) is 4. The van der Waals surface area contributed by atoms with Crippen LogP contribution in [0.25, 0.3) is 16.3 Å². The highest BCUT2D eigenvalue weighted by Crippen LogP contribution is 2.35. The highest BCUT2D eigenvalue weighted by atomic mass is 16.5. The molecule has 0 spiro atoms. The Morgan fingerprint density at radius 3 is 2.37 bits per heavy atom. The van der Waals surface area contributed by atoms with E-state index in [0.29, 0.717) is 11.3 Å². The van der Waals surface area contributed by atoms with Gasteiger partial charge in [0.15, 0.2) is 0 Å². The molecule has 35 heavy (non-hydrogen) atoms. The summed E-state index contributed by atoms with van der Waals surface area (Å²) < 4.78 is 5.46. The van der Waals surface area contributed by atoms with Crippen LogP contribution >= 0.6 is 0 Å². The molecule has 5 heteroatoms. The molecule has 4 aromatic carbocycles. The van der Waals surface area contributed by atoms with Crippen molar-refractivity contribution in [3.8, 4) is 5.75 Å². The summed E-state index contributed by atoms with van der Waals surface area (Å²) >= 11 is 0. The second-order valence-electron chi connectivity index (χ2n) is 8.73. The van der Waals surface area contributed by atoms with Gasteiger partial charge in [0.1, 0.15) is 11.4 Å². The maximum absolute atomic E-state index is 13.8. The van der Waals surface area contributed by atoms with Crippen LogP contribution in [-0.4, -0.2) is 23.8 Å². The van der Waals surface area contributed by atoms with Gasteiger partial charge in [0.05, 0.1) is 19.2 Å². The molecule has 5 rings (SSSR count). The van der Waals surface area contributed by atoms with Gasteiger partial charge < -0.3 is 10.1 Å². The average Bonchev–Trinajstić information content (AvgIpc) is 3.09. The summed E-state index contributed by atoms with van der Waals surface area (Å²) in [4.78, 5) is 28.8. The molecule has 5 nitrogen and oxygen atoms in total. The summed E-state index contributed by atoms with van der Waals surface area (Å²) in [5.74, 6) is -0.0453. The maximum Gasteiger partial charge on any atom is 0.278 e. The predicted molar refractivity (Wildman–Crippen MR) is 139 cm³/mol. The minimum atomic E-state index is -0.358. The van der Waals surface area contributed by atoms with E-state index in [0.717, 1.165) is 38.7 Å². The van der Waals surface area contributed by atoms with Crippen LogP contribution in [0, 0.1) is 13.8 Å². The summed E-state index contributed by atoms with van der Waals surface area (Å²) in [7, 11) is 1.58. The van der Waals surface area contributed by atoms with Crippen LogP contribution in [-0.2, 0) is 16.1 Å². The zero-order chi connectivity index (χ0) is 24.5. The number of ether oxygens (including phenoxy) is 1. The lowest BCUT2D eigenvalue weighted by Crippen LogP contribution is -2.32. The van der Waals surface area contributed by atoms with Crippen LogP contribution in [0.1, 0.15) is 22.3 Å². The van der Waals surface area contributed by atoms with Crippen LogP contribution in [0.3, 0.4) is 0 Å². The van der Waals surface area contributed by atoms with Crippen LogP contribution < -0.4 is 10.1 Å². The molecule has 0 fully saturated rings. The van der Waals surface area contributed by atoms with Gasteiger partial charge in [-0.1, -0.05) is 78.4 Å². The zero-order valence-electron chi connectivity index (χ0n) is 20.0. The number of hydrogen-bond donors (Lipinski definition) is 1. The molecule has 0 saturated heterocycles. The van der Waals surface area contributed by atoms with Crippen molar-refractivity contribution in [2.75, 3.05) is 12.4 Å². The first-order chi connectivity index (χ1) is 17.0. The van der Waals surface area contributed by atoms with Gasteiger partial charge in [-0.3, -0.25) is 14.5 Å². The number of nitrogens with zero attached hydrogens (tertiary/aromatic N) is 1. The number of benzene rings is 4. The van der Waals surface area contributed by atoms with Gasteiger partial charge >= 0.3 is 0 Å². The van der Waals surface area contributed by atoms with Crippen molar-refractivity contribution in [1.29, 1.82) is 0 Å². The second kappa shape index (κ2) is 9.11. The molecule has 174 valence electrons. The molecule has 1 aliphatic heterocycles. The minimum absolute atomic E-state index is 0.122. The number of amides is 2. The fraction of sp³-hybridized carbons (Fsp3) is 0.133. The van der Waals surface area contributed by atoms with Crippen molar-refractivity contribution >= 4 is 33.8 Å². The highest BCUT2D eigenvalue weighted by Gasteiger charge is 2.40. The summed E-state index contributed by atoms with van der Waals surface area (Å²) in [6.07, 6.45) is 0. The number of methoxy groups -OCH3 is 1. The molecule has 1 N–H and O–H groups in total. The lowest BCUT2D eigenvalue weighted by Gasteiger charge is -2.17. The molecule has 0 bridgehead atoms. The number of aryl methyl sites for hydroxylation is 2. The third-order valence-electron chi connectivity index (χ3n) is 6.39. The van der Waals surface area contributed by atoms with E-state index in [1.54, 1.807) is 7.11 Å². The lowest BCUT2D eigenvalue weighted by atomic mass is 9.97. The number of nitrogens with one attached hydrogen (secondary N) is 1. The van der Waals surface area contributed by atoms with Crippen LogP contribution in [0.2, 0.25) is 0 Å². The number of anilines is 1. The standard InChI is InChI=1S/C30H26N2O3/c1-19-15-16-23(20(2)17-19)27-28(31-25-13-8-11-21-9-4-6-12-24(21)25)30(34)32(29(27)33)18-22-10-5-7-14-26(22)35-3/h4-17,31H,18H2,1-3H3. The maximum atomic E-state index is 13.8. The van der Waals surface area contributed by atoms with E-state index in [1.807, 2.05) is 98.8 Å². The third kappa shape index (κ3) is 4.06. The Morgan fingerprint density at radius 2 is 1.57 bits per heavy atom. The Kier molecular flexibility index (Phi) is 5.83. The summed E-state index contributed by atoms with van der Waals surface area (Å²) in [5.41, 5.74) is 5.00. The van der Waals surface area contributed by atoms with Gasteiger partial charge in [-0.15, -0.1) is 0 Å². The number of carbonyl (C=O) groups excluding carboxylic acids is 2. The molecule has 0 radical (unpaired) electrons. The third-order valence-corrected chi connectivity index (χ3v) is 6.39. The second-order valence-corrected chi connectivity index (χ2v) is 8.73. The minimum Gasteiger partial charge on any atom is -0.496 e. The van der Waals surface area contributed by atoms with Gasteiger partial charge in [-0.05, 0) is 42.5 Å². The number of imide groups is 1. The van der Waals surface area contributed by atoms with E-state index in [-0.39, 0.29) is 24.1 Å². The molecule has 0 aliphatic carbocycles. The van der Waals surface area contributed by atoms with Crippen LogP contribution in [0.15, 0.2) is 90.6 Å². The molecule has 4 aromatic rings. The van der Waals surface area contributed by atoms with Crippen molar-refractivity contribution < 1.29 is 14.3 Å². The van der Waals surface area contributed by atoms with E-state index in [9.17, 15) is 9.59 Å². The Balaban J connectivity index is 1.62. The Morgan fingerprint density at radius 1 is 0.829 bits per heavy atom. The summed E-state index contributed by atoms with van der Waals surface area (Å²) in [5, 5.41) is 5.36. The van der Waals surface area contributed by atoms with E-state index in [4.69, 9.17) is 4.74 Å². The van der Waals surface area contributed by atoms with Crippen molar-refractivity contribution in [3.63, 3.8) is 0 Å². The Hall–Kier alpha value is -4.38. The van der Waals surface area contributed by atoms with Gasteiger partial charge in [0, 0.05) is 16.6 Å². The fourth-order valence-corrected chi connectivity index (χ4v) is 4.65. The van der Waals surface area contributed by atoms with E-state index in [2.05, 4.69) is 5.32 Å². The van der Waals surface area contributed by atoms with Crippen molar-refractivity contribution in [2.24, 2.45) is 0 Å². The van der Waals surface area contributed by atoms with Gasteiger partial charge in [0.2, 0.25) is 0 Å². The SMILES string of the molecule is COc1ccccc1CN1C(=O)C(Nc2cccc3ccccc23)=C(c2ccc(C)cc2C)C1=O. The first kappa shape index (κ1) is 22.4. The van der Waals surface area contributed by atoms with Crippen molar-refractivity contribution in [2.45, 2.75) is 20.4 Å². The lowest BCUT2D eigenvalue weighted by molar-refractivity contribution is -0.137. The number of carbonyl (C=O) groups is 2. The Bertz CT molecular complexity index is 1500. The number of para-hydroxylation sites is 1. The quantitative estimate of drug-likeness (QED) is 0.365. The van der Waals surface area contributed by atoms with Crippen LogP contribution in [0.5, 0.6) is 5.75 Å². The first-order valence-electron chi connectivity index (χ1n) is 11.5. The first-order valence-corrected chi connectivity index (χ1v) is 11.5. The summed E-state index contributed by atoms with van der Waals surface area (Å²) in [6.45, 7) is 4.10. The number of fused-ring (bicyclic) bond motifs is 1. The summed E-state index contributed by atoms with van der Waals surface area (Å²) in [6, 6.07) is 27.2. The molecular formula is C30H26N2O3. The van der Waals surface area contributed by atoms with E-state index >= 15 is 0 Å². The fourth-order valence-electron chi connectivity index (χ4n) is 4.65. The predicted octanol–water partition coefficient (Wildman–Crippen LogP) is 5.86. The van der Waals surface area contributed by atoms with E-state index in [1.165, 1.54) is 4.90 Å². The molecule has 0 atom stereocenters. The molecule has 0 aromatic heterocycles. The Labute approximate surface area is 204 Å². The van der Waals surface area contributed by atoms with Gasteiger partial charge in [0.25, 0.3) is 11.8 Å². The molecule has 1 aliphatic rings. The smallest absolute Gasteiger partial charge is 0.278 e. The van der Waals surface area contributed by atoms with Crippen molar-refractivity contribution in [1.82, 2.24) is 4.90 Å². The average molecular weight is 463 g/mol. The molecule has 0 unspecified atom stereocenters. The molecule has 0 saturated carbocycles. The molecular weight excluding hydrogens is 436 g/mol. The van der Waals surface area contributed by atoms with Crippen molar-refractivity contribution in [3.05, 3.63) is 113 Å². The monoisotopic (exact) mass is 462 g/mol. The van der Waals surface area contributed by atoms with E-state index < -0.39 is 0 Å². The van der Waals surface area contributed by atoms with Gasteiger partial charge in [-0.25, -0.2) is 0 Å². The highest BCUT2D eigenvalue weighted by molar-refractivity contribution is 6.37. The van der Waals surface area contributed by atoms with Gasteiger partial charge in [-0.2, -0.15) is 0 Å².